The van der Waals surface area contributed by atoms with E-state index in [0.717, 1.165) is 35.9 Å². The van der Waals surface area contributed by atoms with Crippen LogP contribution in [0.3, 0.4) is 0 Å². The lowest BCUT2D eigenvalue weighted by Gasteiger charge is -2.35. The van der Waals surface area contributed by atoms with Crippen LogP contribution in [0, 0.1) is 0 Å². The molecule has 2 bridgehead atoms. The van der Waals surface area contributed by atoms with E-state index in [1.54, 1.807) is 11.8 Å². The summed E-state index contributed by atoms with van der Waals surface area (Å²) in [6.45, 7) is 4.59. The van der Waals surface area contributed by atoms with Crippen LogP contribution in [0.5, 0.6) is 5.75 Å². The Kier molecular flexibility index (Phi) is 4.88. The summed E-state index contributed by atoms with van der Waals surface area (Å²) in [5.74, 6) is 0.842. The number of piperazine rings is 1. The molecule has 164 valence electrons. The van der Waals surface area contributed by atoms with Crippen LogP contribution in [0.4, 0.5) is 5.69 Å². The van der Waals surface area contributed by atoms with Gasteiger partial charge in [-0.2, -0.15) is 0 Å². The van der Waals surface area contributed by atoms with Gasteiger partial charge in [-0.05, 0) is 37.8 Å². The van der Waals surface area contributed by atoms with Gasteiger partial charge in [0.2, 0.25) is 0 Å². The van der Waals surface area contributed by atoms with Crippen LogP contribution >= 0.6 is 23.5 Å². The largest absolute Gasteiger partial charge is 0.491 e. The molecule has 2 fully saturated rings. The zero-order valence-corrected chi connectivity index (χ0v) is 19.1. The second-order valence-electron chi connectivity index (χ2n) is 9.00. The number of nitrogens with one attached hydrogen (secondary N) is 2. The number of aliphatic imine (C=N–C) groups is 1. The maximum Gasteiger partial charge on any atom is 0.259 e. The highest BCUT2D eigenvalue weighted by atomic mass is 32.2. The van der Waals surface area contributed by atoms with Gasteiger partial charge in [0.25, 0.3) is 5.91 Å². The van der Waals surface area contributed by atoms with E-state index in [2.05, 4.69) is 38.7 Å². The van der Waals surface area contributed by atoms with Gasteiger partial charge in [0, 0.05) is 42.6 Å². The molecular weight excluding hydrogens is 430 g/mol. The van der Waals surface area contributed by atoms with E-state index in [0.29, 0.717) is 29.3 Å². The molecule has 9 heteroatoms. The van der Waals surface area contributed by atoms with Gasteiger partial charge in [0.15, 0.2) is 0 Å². The van der Waals surface area contributed by atoms with Crippen LogP contribution < -0.4 is 26.0 Å². The van der Waals surface area contributed by atoms with Crippen LogP contribution in [0.15, 0.2) is 33.8 Å². The zero-order chi connectivity index (χ0) is 21.1. The van der Waals surface area contributed by atoms with Crippen molar-refractivity contribution in [1.29, 1.82) is 0 Å². The molecule has 4 N–H and O–H groups in total. The molecule has 1 aromatic carbocycles. The number of ether oxygens (including phenoxy) is 1. The molecule has 7 nitrogen and oxygen atoms in total. The molecule has 5 aliphatic heterocycles. The second-order valence-corrected chi connectivity index (χ2v) is 11.5. The molecule has 2 saturated heterocycles. The van der Waals surface area contributed by atoms with Crippen molar-refractivity contribution in [2.75, 3.05) is 24.6 Å². The van der Waals surface area contributed by atoms with Gasteiger partial charge in [0.1, 0.15) is 17.7 Å². The Hall–Kier alpha value is -1.84. The molecule has 5 atom stereocenters. The number of fused-ring (bicyclic) bond motifs is 4. The Labute approximate surface area is 190 Å². The summed E-state index contributed by atoms with van der Waals surface area (Å²) < 4.78 is 6.08. The first-order valence-electron chi connectivity index (χ1n) is 11.0. The molecule has 1 amide bonds. The first-order chi connectivity index (χ1) is 15.0. The highest BCUT2D eigenvalue weighted by Crippen LogP contribution is 2.47. The van der Waals surface area contributed by atoms with Crippen molar-refractivity contribution >= 4 is 40.2 Å². The van der Waals surface area contributed by atoms with Crippen LogP contribution in [-0.4, -0.2) is 59.4 Å². The number of hydrogen-bond acceptors (Lipinski definition) is 8. The Morgan fingerprint density at radius 1 is 1.29 bits per heavy atom. The summed E-state index contributed by atoms with van der Waals surface area (Å²) >= 11 is 3.13. The van der Waals surface area contributed by atoms with E-state index in [-0.39, 0.29) is 22.6 Å². The standard InChI is InChI=1S/C22H27N5O2S2/c1-11-24-22-20(30-11)18(23)19(31-22)21(28)26-15-6-12-2-5-16(7-17(12)29-10-15)27-8-13-3-4-14(9-27)25-13/h2,5,7,13-15,20,22,25H,3-4,6,8-10,23H2,1H3,(H,26,28)/t13?,14?,15-,20?,22?/m1/s1. The third kappa shape index (κ3) is 3.60. The van der Waals surface area contributed by atoms with Gasteiger partial charge in [-0.15, -0.1) is 0 Å². The number of anilines is 1. The lowest BCUT2D eigenvalue weighted by Crippen LogP contribution is -2.51. The van der Waals surface area contributed by atoms with E-state index in [9.17, 15) is 4.79 Å². The maximum atomic E-state index is 12.9. The van der Waals surface area contributed by atoms with Gasteiger partial charge >= 0.3 is 0 Å². The predicted molar refractivity (Wildman–Crippen MR) is 127 cm³/mol. The smallest absolute Gasteiger partial charge is 0.259 e. The summed E-state index contributed by atoms with van der Waals surface area (Å²) in [5.41, 5.74) is 9.32. The first kappa shape index (κ1) is 19.8. The number of carbonyl (C=O) groups is 1. The van der Waals surface area contributed by atoms with Gasteiger partial charge in [0.05, 0.1) is 21.2 Å². The molecule has 5 aliphatic rings. The van der Waals surface area contributed by atoms with E-state index < -0.39 is 0 Å². The number of nitrogens with two attached hydrogens (primary N) is 1. The van der Waals surface area contributed by atoms with Crippen molar-refractivity contribution in [2.24, 2.45) is 10.7 Å². The highest BCUT2D eigenvalue weighted by molar-refractivity contribution is 8.16. The third-order valence-corrected chi connectivity index (χ3v) is 9.41. The lowest BCUT2D eigenvalue weighted by atomic mass is 10.0. The van der Waals surface area contributed by atoms with E-state index in [1.807, 2.05) is 6.92 Å². The van der Waals surface area contributed by atoms with Gasteiger partial charge in [-0.25, -0.2) is 0 Å². The molecule has 0 saturated carbocycles. The van der Waals surface area contributed by atoms with Crippen molar-refractivity contribution < 1.29 is 9.53 Å². The minimum atomic E-state index is -0.102. The van der Waals surface area contributed by atoms with Gasteiger partial charge < -0.3 is 26.0 Å². The van der Waals surface area contributed by atoms with Crippen molar-refractivity contribution in [2.45, 2.75) is 54.9 Å². The molecule has 1 aromatic rings. The molecule has 0 spiro atoms. The van der Waals surface area contributed by atoms with Crippen molar-refractivity contribution in [3.05, 3.63) is 34.4 Å². The lowest BCUT2D eigenvalue weighted by molar-refractivity contribution is -0.117. The minimum absolute atomic E-state index is 0.0349. The van der Waals surface area contributed by atoms with Crippen LogP contribution in [0.2, 0.25) is 0 Å². The molecule has 0 aromatic heterocycles. The topological polar surface area (TPSA) is 92.0 Å². The van der Waals surface area contributed by atoms with Crippen LogP contribution in [0.1, 0.15) is 25.3 Å². The number of thioether (sulfide) groups is 2. The minimum Gasteiger partial charge on any atom is -0.491 e. The van der Waals surface area contributed by atoms with E-state index in [4.69, 9.17) is 10.5 Å². The zero-order valence-electron chi connectivity index (χ0n) is 17.5. The normalized spacial score (nSPS) is 33.6. The average molecular weight is 458 g/mol. The van der Waals surface area contributed by atoms with Gasteiger partial charge in [-0.1, -0.05) is 29.6 Å². The molecule has 5 heterocycles. The quantitative estimate of drug-likeness (QED) is 0.638. The highest BCUT2D eigenvalue weighted by Gasteiger charge is 2.41. The number of carbonyl (C=O) groups excluding carboxylic acids is 1. The van der Waals surface area contributed by atoms with Crippen molar-refractivity contribution in [3.8, 4) is 5.75 Å². The summed E-state index contributed by atoms with van der Waals surface area (Å²) in [4.78, 5) is 20.6. The average Bonchev–Trinajstić information content (AvgIpc) is 3.40. The molecule has 4 unspecified atom stereocenters. The Morgan fingerprint density at radius 3 is 2.87 bits per heavy atom. The number of nitrogens with zero attached hydrogens (tertiary/aromatic N) is 2. The van der Waals surface area contributed by atoms with Crippen molar-refractivity contribution in [1.82, 2.24) is 10.6 Å². The first-order valence-corrected chi connectivity index (χ1v) is 12.7. The fourth-order valence-corrected chi connectivity index (χ4v) is 7.83. The predicted octanol–water partition coefficient (Wildman–Crippen LogP) is 1.82. The van der Waals surface area contributed by atoms with Crippen LogP contribution in [0.25, 0.3) is 0 Å². The molecule has 0 aliphatic carbocycles. The van der Waals surface area contributed by atoms with Crippen LogP contribution in [-0.2, 0) is 11.2 Å². The fourth-order valence-electron chi connectivity index (χ4n) is 5.24. The summed E-state index contributed by atoms with van der Waals surface area (Å²) in [5, 5.41) is 7.98. The second kappa shape index (κ2) is 7.64. The summed E-state index contributed by atoms with van der Waals surface area (Å²) in [6.07, 6.45) is 3.32. The molecule has 31 heavy (non-hydrogen) atoms. The summed E-state index contributed by atoms with van der Waals surface area (Å²) in [7, 11) is 0. The summed E-state index contributed by atoms with van der Waals surface area (Å²) in [6, 6.07) is 7.69. The number of benzene rings is 1. The third-order valence-electron chi connectivity index (χ3n) is 6.75. The monoisotopic (exact) mass is 457 g/mol. The van der Waals surface area contributed by atoms with Crippen molar-refractivity contribution in [3.63, 3.8) is 0 Å². The molecule has 0 radical (unpaired) electrons. The van der Waals surface area contributed by atoms with Gasteiger partial charge in [-0.3, -0.25) is 9.79 Å². The molecule has 6 rings (SSSR count). The van der Waals surface area contributed by atoms with E-state index >= 15 is 0 Å². The maximum absolute atomic E-state index is 12.9. The Bertz CT molecular complexity index is 984. The fraction of sp³-hybridized carbons (Fsp3) is 0.545. The Morgan fingerprint density at radius 2 is 2.10 bits per heavy atom. The number of rotatable bonds is 3. The number of hydrogen-bond donors (Lipinski definition) is 3. The van der Waals surface area contributed by atoms with E-state index in [1.165, 1.54) is 30.3 Å². The molecular formula is C22H27N5O2S2. The Balaban J connectivity index is 1.11. The number of amides is 1. The SMILES string of the molecule is CC1=NC2SC(C(=O)N[C@H]3COc4cc(N5CC6CCC(C5)N6)ccc4C3)=C(N)C2S1.